The Balaban J connectivity index is 0.000000416. The molecule has 0 aliphatic heterocycles. The average Bonchev–Trinajstić information content (AvgIpc) is 2.69. The van der Waals surface area contributed by atoms with E-state index in [9.17, 15) is 4.79 Å². The molecule has 2 rings (SSSR count). The lowest BCUT2D eigenvalue weighted by Gasteiger charge is -2.23. The second-order valence-electron chi connectivity index (χ2n) is 4.86. The van der Waals surface area contributed by atoms with Gasteiger partial charge in [-0.3, -0.25) is 0 Å². The molecule has 28 heavy (non-hydrogen) atoms. The van der Waals surface area contributed by atoms with E-state index in [1.54, 1.807) is 55.5 Å². The molecule has 2 N–H and O–H groups in total. The lowest BCUT2D eigenvalue weighted by atomic mass is 10.2. The van der Waals surface area contributed by atoms with E-state index in [0.717, 1.165) is 0 Å². The summed E-state index contributed by atoms with van der Waals surface area (Å²) in [5.41, 5.74) is 1.06. The third-order valence-electron chi connectivity index (χ3n) is 3.03. The van der Waals surface area contributed by atoms with Crippen LogP contribution in [-0.2, 0) is 4.74 Å². The van der Waals surface area contributed by atoms with Gasteiger partial charge in [-0.05, 0) is 43.0 Å². The highest BCUT2D eigenvalue weighted by atomic mass is 35.5. The van der Waals surface area contributed by atoms with Crippen molar-refractivity contribution in [3.63, 3.8) is 0 Å². The summed E-state index contributed by atoms with van der Waals surface area (Å²) in [4.78, 5) is 13.6. The maximum absolute atomic E-state index is 12.2. The van der Waals surface area contributed by atoms with E-state index in [2.05, 4.69) is 23.7 Å². The SMILES string of the molecule is CCOC(=O)N(c1ccccc1Cl)c1ccccc1Cl.OCC#CC#CCO. The summed E-state index contributed by atoms with van der Waals surface area (Å²) in [5, 5.41) is 17.0. The Labute approximate surface area is 174 Å². The first-order chi connectivity index (χ1) is 13.6. The molecule has 146 valence electrons. The minimum Gasteiger partial charge on any atom is -0.449 e. The number of hydrogen-bond donors (Lipinski definition) is 2. The third kappa shape index (κ3) is 7.52. The van der Waals surface area contributed by atoms with Gasteiger partial charge in [0.15, 0.2) is 0 Å². The van der Waals surface area contributed by atoms with Gasteiger partial charge in [0.05, 0.1) is 28.0 Å². The van der Waals surface area contributed by atoms with Gasteiger partial charge < -0.3 is 14.9 Å². The number of nitrogens with zero attached hydrogens (tertiary/aromatic N) is 1. The van der Waals surface area contributed by atoms with Crippen LogP contribution in [0, 0.1) is 23.7 Å². The van der Waals surface area contributed by atoms with E-state index in [0.29, 0.717) is 21.4 Å². The van der Waals surface area contributed by atoms with E-state index >= 15 is 0 Å². The molecule has 0 radical (unpaired) electrons. The van der Waals surface area contributed by atoms with Gasteiger partial charge in [-0.2, -0.15) is 0 Å². The summed E-state index contributed by atoms with van der Waals surface area (Å²) in [7, 11) is 0. The first kappa shape index (κ1) is 23.4. The summed E-state index contributed by atoms with van der Waals surface area (Å²) in [5.74, 6) is 9.24. The smallest absolute Gasteiger partial charge is 0.419 e. The fourth-order valence-corrected chi connectivity index (χ4v) is 2.39. The maximum Gasteiger partial charge on any atom is 0.419 e. The molecule has 1 amide bonds. The average molecular weight is 420 g/mol. The highest BCUT2D eigenvalue weighted by Gasteiger charge is 2.23. The Morgan fingerprint density at radius 3 is 1.71 bits per heavy atom. The molecule has 2 aromatic carbocycles. The van der Waals surface area contributed by atoms with Crippen molar-refractivity contribution in [1.29, 1.82) is 0 Å². The van der Waals surface area contributed by atoms with Gasteiger partial charge in [-0.25, -0.2) is 9.69 Å². The lowest BCUT2D eigenvalue weighted by molar-refractivity contribution is 0.162. The molecule has 7 heteroatoms. The van der Waals surface area contributed by atoms with Crippen molar-refractivity contribution >= 4 is 40.7 Å². The van der Waals surface area contributed by atoms with Crippen molar-refractivity contribution in [1.82, 2.24) is 0 Å². The largest absolute Gasteiger partial charge is 0.449 e. The van der Waals surface area contributed by atoms with Gasteiger partial charge in [-0.15, -0.1) is 0 Å². The first-order valence-electron chi connectivity index (χ1n) is 8.20. The minimum atomic E-state index is -0.520. The molecule has 0 saturated heterocycles. The standard InChI is InChI=1S/C15H13Cl2NO2.C6H6O2/c1-2-20-15(19)18(13-9-5-3-7-11(13)16)14-10-6-4-8-12(14)17;7-5-3-1-2-4-6-8/h3-10H,2H2,1H3;7-8H,5-6H2. The number of amides is 1. The number of rotatable bonds is 3. The predicted octanol–water partition coefficient (Wildman–Crippen LogP) is 4.27. The van der Waals surface area contributed by atoms with Crippen LogP contribution in [0.25, 0.3) is 0 Å². The van der Waals surface area contributed by atoms with Crippen molar-refractivity contribution in [2.75, 3.05) is 24.7 Å². The first-order valence-corrected chi connectivity index (χ1v) is 8.95. The molecule has 0 aliphatic rings. The number of aliphatic hydroxyl groups is 2. The van der Waals surface area contributed by atoms with Crippen LogP contribution in [0.5, 0.6) is 0 Å². The van der Waals surface area contributed by atoms with E-state index in [4.69, 9.17) is 38.2 Å². The number of ether oxygens (including phenoxy) is 1. The number of aliphatic hydroxyl groups excluding tert-OH is 2. The summed E-state index contributed by atoms with van der Waals surface area (Å²) in [6.45, 7) is 1.65. The van der Waals surface area contributed by atoms with Gasteiger partial charge in [0.1, 0.15) is 13.2 Å². The van der Waals surface area contributed by atoms with E-state index < -0.39 is 6.09 Å². The van der Waals surface area contributed by atoms with Crippen molar-refractivity contribution in [2.24, 2.45) is 0 Å². The van der Waals surface area contributed by atoms with Gasteiger partial charge in [0.25, 0.3) is 0 Å². The second kappa shape index (κ2) is 13.5. The lowest BCUT2D eigenvalue weighted by Crippen LogP contribution is -2.27. The molecule has 0 heterocycles. The molecular weight excluding hydrogens is 401 g/mol. The molecular formula is C21H19Cl2NO4. The van der Waals surface area contributed by atoms with Crippen molar-refractivity contribution in [2.45, 2.75) is 6.92 Å². The van der Waals surface area contributed by atoms with E-state index in [1.165, 1.54) is 4.90 Å². The Hall–Kier alpha value is -2.67. The zero-order valence-electron chi connectivity index (χ0n) is 15.2. The summed E-state index contributed by atoms with van der Waals surface area (Å²) in [6.07, 6.45) is -0.520. The van der Waals surface area contributed by atoms with Crippen molar-refractivity contribution < 1.29 is 19.7 Å². The fourth-order valence-electron chi connectivity index (χ4n) is 1.95. The maximum atomic E-state index is 12.2. The van der Waals surface area contributed by atoms with Gasteiger partial charge in [-0.1, -0.05) is 59.3 Å². The van der Waals surface area contributed by atoms with Crippen LogP contribution in [0.15, 0.2) is 48.5 Å². The minimum absolute atomic E-state index is 0.180. The molecule has 0 bridgehead atoms. The zero-order valence-corrected chi connectivity index (χ0v) is 16.7. The van der Waals surface area contributed by atoms with Crippen molar-refractivity contribution in [3.05, 3.63) is 58.6 Å². The summed E-state index contributed by atoms with van der Waals surface area (Å²) in [6, 6.07) is 14.1. The van der Waals surface area contributed by atoms with E-state index in [-0.39, 0.29) is 19.8 Å². The molecule has 0 spiro atoms. The molecule has 0 unspecified atom stereocenters. The topological polar surface area (TPSA) is 70.0 Å². The Morgan fingerprint density at radius 1 is 0.929 bits per heavy atom. The quantitative estimate of drug-likeness (QED) is 0.728. The van der Waals surface area contributed by atoms with Crippen LogP contribution in [0.3, 0.4) is 0 Å². The molecule has 0 fully saturated rings. The zero-order chi connectivity index (χ0) is 20.8. The van der Waals surface area contributed by atoms with Crippen LogP contribution >= 0.6 is 23.2 Å². The Kier molecular flexibility index (Phi) is 11.3. The number of carbonyl (C=O) groups is 1. The van der Waals surface area contributed by atoms with Crippen LogP contribution < -0.4 is 4.90 Å². The molecule has 0 aliphatic carbocycles. The summed E-state index contributed by atoms with van der Waals surface area (Å²) < 4.78 is 5.09. The molecule has 0 saturated carbocycles. The second-order valence-corrected chi connectivity index (χ2v) is 5.67. The number of para-hydroxylation sites is 2. The van der Waals surface area contributed by atoms with Gasteiger partial charge in [0, 0.05) is 0 Å². The van der Waals surface area contributed by atoms with E-state index in [1.807, 2.05) is 0 Å². The van der Waals surface area contributed by atoms with Crippen LogP contribution in [0.2, 0.25) is 10.0 Å². The number of halogens is 2. The molecule has 5 nitrogen and oxygen atoms in total. The van der Waals surface area contributed by atoms with Gasteiger partial charge >= 0.3 is 6.09 Å². The number of benzene rings is 2. The van der Waals surface area contributed by atoms with Crippen molar-refractivity contribution in [3.8, 4) is 23.7 Å². The number of hydrogen-bond acceptors (Lipinski definition) is 4. The monoisotopic (exact) mass is 419 g/mol. The number of carbonyl (C=O) groups excluding carboxylic acids is 1. The van der Waals surface area contributed by atoms with Crippen LogP contribution in [0.4, 0.5) is 16.2 Å². The predicted molar refractivity (Wildman–Crippen MR) is 112 cm³/mol. The Bertz CT molecular complexity index is 829. The number of anilines is 2. The molecule has 0 aromatic heterocycles. The summed E-state index contributed by atoms with van der Waals surface area (Å²) >= 11 is 12.3. The highest BCUT2D eigenvalue weighted by molar-refractivity contribution is 6.36. The van der Waals surface area contributed by atoms with Crippen LogP contribution in [0.1, 0.15) is 6.92 Å². The molecule has 2 aromatic rings. The Morgan fingerprint density at radius 2 is 1.36 bits per heavy atom. The normalized spacial score (nSPS) is 8.89. The van der Waals surface area contributed by atoms with Crippen LogP contribution in [-0.4, -0.2) is 36.1 Å². The molecule has 0 atom stereocenters. The third-order valence-corrected chi connectivity index (χ3v) is 3.67. The highest BCUT2D eigenvalue weighted by Crippen LogP contribution is 2.36. The van der Waals surface area contributed by atoms with Gasteiger partial charge in [0.2, 0.25) is 0 Å². The fraction of sp³-hybridized carbons (Fsp3) is 0.190.